The second-order valence-corrected chi connectivity index (χ2v) is 0. The second kappa shape index (κ2) is 1610. The molecule has 0 aliphatic rings. The van der Waals surface area contributed by atoms with Gasteiger partial charge in [-0.05, 0) is 0 Å². The molecule has 0 aromatic heterocycles. The van der Waals surface area contributed by atoms with Gasteiger partial charge in [-0.15, -0.1) is 0 Å². The first kappa shape index (κ1) is 1860. The number of hydrogen-bond acceptors (Lipinski definition) is 2. The first-order chi connectivity index (χ1) is 0. The quantitative estimate of drug-likeness (QED) is 0.297. The Labute approximate surface area is 177 Å². The second-order valence-electron chi connectivity index (χ2n) is 0. The molecule has 14 nitrogen and oxygen atoms in total. The number of halogens is 4. The van der Waals surface area contributed by atoms with Crippen LogP contribution in [0.25, 0.3) is 0 Å². The van der Waals surface area contributed by atoms with E-state index in [0.29, 0.717) is 0 Å². The van der Waals surface area contributed by atoms with Crippen LogP contribution >= 0.6 is 0 Å². The van der Waals surface area contributed by atoms with Crippen molar-refractivity contribution in [1.82, 2.24) is 0 Å². The summed E-state index contributed by atoms with van der Waals surface area (Å²) in [6, 6.07) is 0. The summed E-state index contributed by atoms with van der Waals surface area (Å²) in [7, 11) is 0. The molecule has 0 spiro atoms. The molecule has 0 bridgehead atoms. The van der Waals surface area contributed by atoms with Crippen molar-refractivity contribution in [2.45, 2.75) is 0 Å². The smallest absolute Gasteiger partial charge is 1.00 e. The van der Waals surface area contributed by atoms with E-state index in [9.17, 15) is 0 Å². The van der Waals surface area contributed by atoms with Gasteiger partial charge in [-0.3, -0.25) is 0 Å². The standard InChI is InChI=1S/4ClH.14H2O.2Sc/h4*1H;14*1H2;;/q;;;;;;;;;;;;;;;;;;2*+3/p+4. The molecule has 0 rings (SSSR count). The maximum Gasteiger partial charge on any atom is 3.00 e. The molecule has 0 amide bonds. The van der Waals surface area contributed by atoms with Crippen LogP contribution < -0.4 is 49.6 Å². The molecular formula is H36Cl4O14Sc2+10. The Bertz CT molecular complexity index is 23.1. The van der Waals surface area contributed by atoms with Crippen molar-refractivity contribution in [1.29, 1.82) is 0 Å². The SMILES string of the molecule is O.O.[Cl-].[Cl-].[Cl-].[Cl-].[OH-].[OH-].[OH3+].[OH3+].[OH3+].[OH3+].[OH3+].[OH3+].[OH3+].[OH3+].[OH3+].[OH3+].[Sc+3].[Sc+3]. The van der Waals surface area contributed by atoms with E-state index in [1.807, 2.05) is 0 Å². The van der Waals surface area contributed by atoms with Gasteiger partial charge in [-0.2, -0.15) is 0 Å². The fourth-order valence-electron chi connectivity index (χ4n) is 0. The van der Waals surface area contributed by atoms with Gasteiger partial charge in [0.15, 0.2) is 0 Å². The summed E-state index contributed by atoms with van der Waals surface area (Å²) in [6.45, 7) is 0. The summed E-state index contributed by atoms with van der Waals surface area (Å²) in [4.78, 5) is 0. The van der Waals surface area contributed by atoms with Crippen LogP contribution in [0.2, 0.25) is 0 Å². The van der Waals surface area contributed by atoms with Crippen LogP contribution in [0, 0.1) is 0 Å². The molecule has 0 aromatic carbocycles. The van der Waals surface area contributed by atoms with Gasteiger partial charge in [0.25, 0.3) is 0 Å². The third kappa shape index (κ3) is 1390. The summed E-state index contributed by atoms with van der Waals surface area (Å²) >= 11 is 0. The minimum atomic E-state index is 0. The van der Waals surface area contributed by atoms with Crippen LogP contribution in [-0.2, 0) is 106 Å². The maximum atomic E-state index is 0. The van der Waals surface area contributed by atoms with Gasteiger partial charge in [-0.1, -0.05) is 0 Å². The van der Waals surface area contributed by atoms with Crippen LogP contribution in [0.15, 0.2) is 0 Å². The van der Waals surface area contributed by atoms with Crippen molar-refractivity contribution in [2.75, 3.05) is 0 Å². The molecule has 0 aliphatic heterocycles. The van der Waals surface area contributed by atoms with Crippen molar-refractivity contribution < 1.29 is 178 Å². The molecule has 0 radical (unpaired) electrons. The fraction of sp³-hybridized carbons (Fsp3) is 0. The third-order valence-electron chi connectivity index (χ3n) is 0. The van der Waals surface area contributed by atoms with Crippen LogP contribution in [0.4, 0.5) is 0 Å². The molecule has 20 heavy (non-hydrogen) atoms. The summed E-state index contributed by atoms with van der Waals surface area (Å²) in [5, 5.41) is 0. The summed E-state index contributed by atoms with van der Waals surface area (Å²) in [5.41, 5.74) is 0. The molecule has 0 unspecified atom stereocenters. The molecule has 20 heteroatoms. The zero-order valence-corrected chi connectivity index (χ0v) is 17.0. The Morgan fingerprint density at radius 2 is 0.250 bits per heavy atom. The first-order valence-electron chi connectivity index (χ1n) is 0. The molecule has 0 saturated carbocycles. The minimum Gasteiger partial charge on any atom is -1.00 e. The van der Waals surface area contributed by atoms with E-state index >= 15 is 0 Å². The molecule has 144 valence electrons. The predicted molar refractivity (Wildman–Crippen MR) is 59.8 cm³/mol. The Morgan fingerprint density at radius 3 is 0.250 bits per heavy atom. The van der Waals surface area contributed by atoms with Gasteiger partial charge in [0.05, 0.1) is 0 Å². The largest absolute Gasteiger partial charge is 3.00 e. The van der Waals surface area contributed by atoms with Gasteiger partial charge in [0.2, 0.25) is 0 Å². The average molecular weight is 492 g/mol. The maximum absolute atomic E-state index is 0. The molecule has 0 aliphatic carbocycles. The third-order valence-corrected chi connectivity index (χ3v) is 0. The van der Waals surface area contributed by atoms with Crippen LogP contribution in [-0.4, -0.2) is 21.9 Å². The summed E-state index contributed by atoms with van der Waals surface area (Å²) in [5.74, 6) is 0. The van der Waals surface area contributed by atoms with Gasteiger partial charge in [0.1, 0.15) is 0 Å². The van der Waals surface area contributed by atoms with Crippen molar-refractivity contribution in [3.05, 3.63) is 0 Å². The van der Waals surface area contributed by atoms with Crippen LogP contribution in [0.1, 0.15) is 0 Å². The Morgan fingerprint density at radius 1 is 0.250 bits per heavy atom. The van der Waals surface area contributed by atoms with Crippen molar-refractivity contribution in [3.63, 3.8) is 0 Å². The van der Waals surface area contributed by atoms with E-state index in [4.69, 9.17) is 0 Å². The van der Waals surface area contributed by atoms with Crippen molar-refractivity contribution in [3.8, 4) is 0 Å². The Balaban J connectivity index is 0. The van der Waals surface area contributed by atoms with Gasteiger partial charge in [0, 0.05) is 0 Å². The van der Waals surface area contributed by atoms with E-state index in [2.05, 4.69) is 0 Å². The summed E-state index contributed by atoms with van der Waals surface area (Å²) in [6.07, 6.45) is 0. The van der Waals surface area contributed by atoms with Crippen LogP contribution in [0.3, 0.4) is 0 Å². The minimum absolute atomic E-state index is 0. The molecule has 0 fully saturated rings. The normalized spacial score (nSPS) is 0. The Hall–Kier alpha value is 2.34. The van der Waals surface area contributed by atoms with Crippen molar-refractivity contribution >= 4 is 0 Å². The molecule has 0 aromatic rings. The van der Waals surface area contributed by atoms with Gasteiger partial charge >= 0.3 is 51.7 Å². The monoisotopic (exact) mass is 490 g/mol. The number of hydrogen-bond donors (Lipinski definition) is 0. The van der Waals surface area contributed by atoms with E-state index in [0.717, 1.165) is 0 Å². The molecule has 0 saturated heterocycles. The first-order valence-corrected chi connectivity index (χ1v) is 0. The van der Waals surface area contributed by atoms with E-state index < -0.39 is 0 Å². The van der Waals surface area contributed by atoms with Crippen molar-refractivity contribution in [2.24, 2.45) is 0 Å². The number of rotatable bonds is 0. The summed E-state index contributed by atoms with van der Waals surface area (Å²) < 4.78 is 0. The predicted octanol–water partition coefficient (Wildman–Crippen LogP) is -23.2. The molecular weight excluding hydrogens is 456 g/mol. The topological polar surface area (TPSA) is 453 Å². The van der Waals surface area contributed by atoms with E-state index in [-0.39, 0.29) is 178 Å². The fourth-order valence-corrected chi connectivity index (χ4v) is 0. The van der Waals surface area contributed by atoms with Gasteiger partial charge in [-0.25, -0.2) is 0 Å². The zero-order valence-electron chi connectivity index (χ0n) is 10.3. The molecule has 0 atom stereocenters. The molecule has 36 N–H and O–H groups in total. The average Bonchev–Trinajstić information content (AvgIpc) is 0. The van der Waals surface area contributed by atoms with E-state index in [1.165, 1.54) is 0 Å². The van der Waals surface area contributed by atoms with E-state index in [1.54, 1.807) is 0 Å². The zero-order chi connectivity index (χ0) is 0. The van der Waals surface area contributed by atoms with Crippen LogP contribution in [0.5, 0.6) is 0 Å². The Kier molecular flexibility index (Phi) is 150000. The van der Waals surface area contributed by atoms with Gasteiger partial charge < -0.3 is 126 Å². The molecule has 0 heterocycles.